The maximum atomic E-state index is 13.1. The number of hydrogen-bond acceptors (Lipinski definition) is 6. The number of likely N-dealkylation sites (tertiary alicyclic amines) is 1. The van der Waals surface area contributed by atoms with Gasteiger partial charge in [0.05, 0.1) is 12.5 Å². The van der Waals surface area contributed by atoms with Crippen LogP contribution in [-0.2, 0) is 28.7 Å². The minimum atomic E-state index is -0.859. The molecule has 3 aliphatic rings. The number of imide groups is 1. The lowest BCUT2D eigenvalue weighted by molar-refractivity contribution is -0.303. The number of allylic oxidation sites excluding steroid dienone is 11. The molecule has 9 nitrogen and oxygen atoms in total. The Labute approximate surface area is 248 Å². The van der Waals surface area contributed by atoms with Crippen LogP contribution in [0.5, 0.6) is 0 Å². The van der Waals surface area contributed by atoms with Crippen LogP contribution in [-0.4, -0.2) is 60.1 Å². The zero-order valence-corrected chi connectivity index (χ0v) is 25.0. The van der Waals surface area contributed by atoms with Crippen LogP contribution >= 0.6 is 0 Å². The molecule has 2 heterocycles. The Morgan fingerprint density at radius 3 is 2.33 bits per heavy atom. The summed E-state index contributed by atoms with van der Waals surface area (Å²) in [7, 11) is 0. The lowest BCUT2D eigenvalue weighted by Crippen LogP contribution is -2.55. The lowest BCUT2D eigenvalue weighted by atomic mass is 9.85. The number of carbonyl (C=O) groups excluding carboxylic acids is 4. The molecule has 2 atom stereocenters. The van der Waals surface area contributed by atoms with E-state index in [2.05, 4.69) is 10.6 Å². The summed E-state index contributed by atoms with van der Waals surface area (Å²) in [5.41, 5.74) is 0.293. The summed E-state index contributed by atoms with van der Waals surface area (Å²) in [4.78, 5) is 51.8. The molecule has 0 radical (unpaired) electrons. The first kappa shape index (κ1) is 32.7. The van der Waals surface area contributed by atoms with E-state index >= 15 is 0 Å². The van der Waals surface area contributed by atoms with E-state index in [0.717, 1.165) is 12.0 Å². The quantitative estimate of drug-likeness (QED) is 0.229. The SMILES string of the molecule is CC1(C)OCC(C)(C)[C@H](C(=O)N/C=C\C(=O)NCCCCCN2C(=O)CC(C3=C\C=C/C=C\C=C/C=C\C=C3)C2=O)O1. The molecular weight excluding hydrogens is 534 g/mol. The van der Waals surface area contributed by atoms with Crippen molar-refractivity contribution in [1.29, 1.82) is 0 Å². The van der Waals surface area contributed by atoms with Crippen molar-refractivity contribution < 1.29 is 28.7 Å². The number of nitrogens with zero attached hydrogens (tertiary/aromatic N) is 1. The van der Waals surface area contributed by atoms with Crippen molar-refractivity contribution in [2.45, 2.75) is 65.3 Å². The van der Waals surface area contributed by atoms with Gasteiger partial charge in [-0.25, -0.2) is 0 Å². The van der Waals surface area contributed by atoms with Gasteiger partial charge in [0.2, 0.25) is 17.7 Å². The van der Waals surface area contributed by atoms with Crippen LogP contribution in [0.3, 0.4) is 0 Å². The van der Waals surface area contributed by atoms with E-state index in [0.29, 0.717) is 32.5 Å². The minimum absolute atomic E-state index is 0.161. The van der Waals surface area contributed by atoms with Crippen LogP contribution in [0.4, 0.5) is 0 Å². The summed E-state index contributed by atoms with van der Waals surface area (Å²) in [6.07, 6.45) is 24.9. The molecule has 226 valence electrons. The van der Waals surface area contributed by atoms with Gasteiger partial charge in [-0.05, 0) is 38.7 Å². The summed E-state index contributed by atoms with van der Waals surface area (Å²) in [5, 5.41) is 5.40. The van der Waals surface area contributed by atoms with Gasteiger partial charge in [-0.1, -0.05) is 80.7 Å². The third-order valence-electron chi connectivity index (χ3n) is 7.07. The smallest absolute Gasteiger partial charge is 0.253 e. The Bertz CT molecular complexity index is 1220. The molecule has 2 aliphatic heterocycles. The predicted molar refractivity (Wildman–Crippen MR) is 161 cm³/mol. The summed E-state index contributed by atoms with van der Waals surface area (Å²) < 4.78 is 11.4. The number of unbranched alkanes of at least 4 members (excludes halogenated alkanes) is 2. The van der Waals surface area contributed by atoms with E-state index in [-0.39, 0.29) is 30.0 Å². The Balaban J connectivity index is 1.37. The Morgan fingerprint density at radius 2 is 1.62 bits per heavy atom. The highest BCUT2D eigenvalue weighted by Gasteiger charge is 2.45. The van der Waals surface area contributed by atoms with Gasteiger partial charge in [0.25, 0.3) is 5.91 Å². The van der Waals surface area contributed by atoms with Crippen molar-refractivity contribution in [3.8, 4) is 0 Å². The van der Waals surface area contributed by atoms with E-state index in [9.17, 15) is 19.2 Å². The number of ether oxygens (including phenoxy) is 2. The molecule has 0 aromatic rings. The third-order valence-corrected chi connectivity index (χ3v) is 7.07. The van der Waals surface area contributed by atoms with Crippen molar-refractivity contribution in [1.82, 2.24) is 15.5 Å². The molecule has 0 aromatic heterocycles. The number of amides is 4. The highest BCUT2D eigenvalue weighted by atomic mass is 16.7. The van der Waals surface area contributed by atoms with Crippen molar-refractivity contribution in [3.63, 3.8) is 0 Å². The Morgan fingerprint density at radius 1 is 0.952 bits per heavy atom. The van der Waals surface area contributed by atoms with E-state index in [4.69, 9.17) is 9.47 Å². The number of carbonyl (C=O) groups is 4. The zero-order valence-electron chi connectivity index (χ0n) is 25.0. The van der Waals surface area contributed by atoms with Crippen molar-refractivity contribution in [2.75, 3.05) is 19.7 Å². The van der Waals surface area contributed by atoms with Crippen LogP contribution in [0.15, 0.2) is 84.7 Å². The molecule has 0 saturated carbocycles. The average Bonchev–Trinajstić information content (AvgIpc) is 3.20. The largest absolute Gasteiger partial charge is 0.353 e. The number of nitrogens with one attached hydrogen (secondary N) is 2. The van der Waals surface area contributed by atoms with Crippen LogP contribution in [0, 0.1) is 11.3 Å². The average molecular weight is 578 g/mol. The van der Waals surface area contributed by atoms with Crippen LogP contribution in [0.25, 0.3) is 0 Å². The molecule has 4 amide bonds. The Hall–Kier alpha value is -3.82. The lowest BCUT2D eigenvalue weighted by Gasteiger charge is -2.44. The third kappa shape index (κ3) is 9.92. The predicted octanol–water partition coefficient (Wildman–Crippen LogP) is 4.18. The van der Waals surface area contributed by atoms with E-state index in [1.54, 1.807) is 13.8 Å². The first-order valence-electron chi connectivity index (χ1n) is 14.5. The molecule has 1 aliphatic carbocycles. The van der Waals surface area contributed by atoms with Gasteiger partial charge in [0.1, 0.15) is 6.10 Å². The molecule has 0 bridgehead atoms. The minimum Gasteiger partial charge on any atom is -0.353 e. The van der Waals surface area contributed by atoms with Gasteiger partial charge in [0.15, 0.2) is 5.79 Å². The molecule has 2 N–H and O–H groups in total. The fourth-order valence-electron chi connectivity index (χ4n) is 4.69. The molecule has 9 heteroatoms. The molecule has 2 saturated heterocycles. The molecule has 2 fully saturated rings. The fourth-order valence-corrected chi connectivity index (χ4v) is 4.69. The van der Waals surface area contributed by atoms with Gasteiger partial charge in [-0.15, -0.1) is 0 Å². The summed E-state index contributed by atoms with van der Waals surface area (Å²) in [6, 6.07) is 0. The first-order valence-corrected chi connectivity index (χ1v) is 14.5. The van der Waals surface area contributed by atoms with E-state index in [1.165, 1.54) is 17.2 Å². The van der Waals surface area contributed by atoms with Crippen LogP contribution in [0.1, 0.15) is 53.4 Å². The second kappa shape index (κ2) is 15.4. The van der Waals surface area contributed by atoms with Gasteiger partial charge in [-0.2, -0.15) is 0 Å². The van der Waals surface area contributed by atoms with Crippen LogP contribution in [0.2, 0.25) is 0 Å². The summed E-state index contributed by atoms with van der Waals surface area (Å²) >= 11 is 0. The molecule has 0 spiro atoms. The molecule has 1 unspecified atom stereocenters. The van der Waals surface area contributed by atoms with E-state index < -0.39 is 23.2 Å². The van der Waals surface area contributed by atoms with Crippen molar-refractivity contribution in [3.05, 3.63) is 84.7 Å². The molecule has 42 heavy (non-hydrogen) atoms. The topological polar surface area (TPSA) is 114 Å². The van der Waals surface area contributed by atoms with E-state index in [1.807, 2.05) is 80.7 Å². The van der Waals surface area contributed by atoms with Crippen LogP contribution < -0.4 is 10.6 Å². The van der Waals surface area contributed by atoms with Crippen molar-refractivity contribution in [2.24, 2.45) is 11.3 Å². The number of hydrogen-bond donors (Lipinski definition) is 2. The maximum Gasteiger partial charge on any atom is 0.253 e. The van der Waals surface area contributed by atoms with Gasteiger partial charge in [-0.3, -0.25) is 24.1 Å². The van der Waals surface area contributed by atoms with Gasteiger partial charge >= 0.3 is 0 Å². The molecular formula is C33H43N3O6. The highest BCUT2D eigenvalue weighted by Crippen LogP contribution is 2.35. The number of rotatable bonds is 10. The zero-order chi connectivity index (χ0) is 30.6. The second-order valence-corrected chi connectivity index (χ2v) is 11.6. The molecule has 3 rings (SSSR count). The first-order chi connectivity index (χ1) is 20.0. The van der Waals surface area contributed by atoms with Gasteiger partial charge in [0, 0.05) is 37.2 Å². The standard InChI is InChI=1S/C33H43N3O6/c1-32(2)24-41-33(3,4)42-29(32)30(39)35-21-19-27(37)34-20-15-12-16-22-36-28(38)23-26(31(36)40)25-17-13-10-8-6-5-7-9-11-14-18-25/h5-11,13-14,17-19,21,26,29H,12,15-16,20,22-24H2,1-4H3,(H,34,37)(H,35,39)/b6-5-,7-5?,8-6?,9-7-,10-8-,11-9?,13-10?,14-11-,17-13?,18-14?,21-19-,25-17?,25-18?/t26?,29-/m0/s1. The second-order valence-electron chi connectivity index (χ2n) is 11.6. The highest BCUT2D eigenvalue weighted by molar-refractivity contribution is 6.05. The summed E-state index contributed by atoms with van der Waals surface area (Å²) in [5.74, 6) is -2.35. The fraction of sp³-hybridized carbons (Fsp3) is 0.455. The molecule has 0 aromatic carbocycles. The van der Waals surface area contributed by atoms with Crippen molar-refractivity contribution >= 4 is 23.6 Å². The summed E-state index contributed by atoms with van der Waals surface area (Å²) in [6.45, 7) is 8.47. The maximum absolute atomic E-state index is 13.1. The normalized spacial score (nSPS) is 26.6. The Kier molecular flexibility index (Phi) is 12.0. The van der Waals surface area contributed by atoms with Gasteiger partial charge < -0.3 is 20.1 Å². The monoisotopic (exact) mass is 577 g/mol.